The molecule has 1 saturated carbocycles. The molecule has 1 aliphatic carbocycles. The summed E-state index contributed by atoms with van der Waals surface area (Å²) in [4.78, 5) is 4.50. The molecule has 0 amide bonds. The molecule has 2 aromatic rings. The number of anilines is 3. The minimum absolute atomic E-state index is 0.419. The van der Waals surface area contributed by atoms with Crippen LogP contribution in [0, 0.1) is 0 Å². The van der Waals surface area contributed by atoms with Gasteiger partial charge in [0.1, 0.15) is 11.5 Å². The van der Waals surface area contributed by atoms with Gasteiger partial charge in [-0.15, -0.1) is 5.10 Å². The highest BCUT2D eigenvalue weighted by molar-refractivity contribution is 5.65. The van der Waals surface area contributed by atoms with Crippen molar-refractivity contribution in [2.24, 2.45) is 0 Å². The molecule has 0 saturated heterocycles. The molecule has 7 nitrogen and oxygen atoms in total. The number of nitrogens with one attached hydrogen (secondary N) is 2. The summed E-state index contributed by atoms with van der Waals surface area (Å²) in [6, 6.07) is 5.97. The Morgan fingerprint density at radius 3 is 2.67 bits per heavy atom. The summed E-state index contributed by atoms with van der Waals surface area (Å²) in [6.45, 7) is 0. The number of rotatable bonds is 6. The molecule has 7 heteroatoms. The monoisotopic (exact) mass is 329 g/mol. The van der Waals surface area contributed by atoms with Crippen molar-refractivity contribution in [3.05, 3.63) is 24.4 Å². The fourth-order valence-corrected chi connectivity index (χ4v) is 2.91. The van der Waals surface area contributed by atoms with Crippen LogP contribution in [-0.4, -0.2) is 35.4 Å². The van der Waals surface area contributed by atoms with Crippen LogP contribution in [0.5, 0.6) is 11.5 Å². The fraction of sp³-hybridized carbons (Fsp3) is 0.471. The maximum absolute atomic E-state index is 5.36. The highest BCUT2D eigenvalue weighted by Gasteiger charge is 2.14. The second-order valence-corrected chi connectivity index (χ2v) is 5.84. The molecule has 1 aromatic carbocycles. The number of aromatic nitrogens is 3. The highest BCUT2D eigenvalue weighted by Crippen LogP contribution is 2.30. The molecule has 0 atom stereocenters. The Kier molecular flexibility index (Phi) is 5.30. The van der Waals surface area contributed by atoms with E-state index in [-0.39, 0.29) is 0 Å². The first-order valence-electron chi connectivity index (χ1n) is 8.24. The van der Waals surface area contributed by atoms with Crippen molar-refractivity contribution in [3.63, 3.8) is 0 Å². The molecule has 0 radical (unpaired) electrons. The van der Waals surface area contributed by atoms with E-state index in [1.807, 2.05) is 18.2 Å². The quantitative estimate of drug-likeness (QED) is 0.841. The Bertz CT molecular complexity index is 674. The molecule has 24 heavy (non-hydrogen) atoms. The zero-order valence-electron chi connectivity index (χ0n) is 14.1. The summed E-state index contributed by atoms with van der Waals surface area (Å²) in [6.07, 6.45) is 7.86. The van der Waals surface area contributed by atoms with Crippen molar-refractivity contribution < 1.29 is 9.47 Å². The molecule has 1 aromatic heterocycles. The summed E-state index contributed by atoms with van der Waals surface area (Å²) in [7, 11) is 3.24. The van der Waals surface area contributed by atoms with Gasteiger partial charge in [-0.25, -0.2) is 0 Å². The van der Waals surface area contributed by atoms with E-state index >= 15 is 0 Å². The van der Waals surface area contributed by atoms with Gasteiger partial charge in [-0.2, -0.15) is 10.1 Å². The maximum Gasteiger partial charge on any atom is 0.249 e. The van der Waals surface area contributed by atoms with Gasteiger partial charge in [-0.3, -0.25) is 0 Å². The van der Waals surface area contributed by atoms with Crippen LogP contribution in [0.2, 0.25) is 0 Å². The lowest BCUT2D eigenvalue weighted by Gasteiger charge is -2.23. The molecule has 1 aliphatic rings. The average molecular weight is 329 g/mol. The molecule has 3 rings (SSSR count). The molecule has 128 valence electrons. The molecule has 0 unspecified atom stereocenters. The smallest absolute Gasteiger partial charge is 0.249 e. The van der Waals surface area contributed by atoms with E-state index < -0.39 is 0 Å². The topological polar surface area (TPSA) is 81.2 Å². The third-order valence-electron chi connectivity index (χ3n) is 4.17. The zero-order valence-corrected chi connectivity index (χ0v) is 14.1. The maximum atomic E-state index is 5.36. The molecule has 1 fully saturated rings. The van der Waals surface area contributed by atoms with Crippen molar-refractivity contribution in [2.75, 3.05) is 24.9 Å². The number of hydrogen-bond donors (Lipinski definition) is 2. The Morgan fingerprint density at radius 2 is 1.92 bits per heavy atom. The lowest BCUT2D eigenvalue weighted by atomic mass is 9.96. The second-order valence-electron chi connectivity index (χ2n) is 5.84. The first kappa shape index (κ1) is 16.3. The van der Waals surface area contributed by atoms with Gasteiger partial charge >= 0.3 is 0 Å². The van der Waals surface area contributed by atoms with Gasteiger partial charge in [-0.1, -0.05) is 19.3 Å². The van der Waals surface area contributed by atoms with Gasteiger partial charge in [0.25, 0.3) is 0 Å². The van der Waals surface area contributed by atoms with Crippen LogP contribution in [0.4, 0.5) is 17.5 Å². The number of hydrogen-bond acceptors (Lipinski definition) is 7. The van der Waals surface area contributed by atoms with Crippen LogP contribution in [0.15, 0.2) is 24.4 Å². The number of methoxy groups -OCH3 is 2. The van der Waals surface area contributed by atoms with E-state index in [0.29, 0.717) is 17.7 Å². The van der Waals surface area contributed by atoms with Crippen molar-refractivity contribution >= 4 is 17.5 Å². The van der Waals surface area contributed by atoms with E-state index in [1.165, 1.54) is 32.1 Å². The lowest BCUT2D eigenvalue weighted by Crippen LogP contribution is -2.23. The van der Waals surface area contributed by atoms with Gasteiger partial charge in [-0.05, 0) is 25.0 Å². The Hall–Kier alpha value is -2.57. The van der Waals surface area contributed by atoms with Crippen molar-refractivity contribution in [2.45, 2.75) is 38.1 Å². The molecule has 1 heterocycles. The number of benzene rings is 1. The van der Waals surface area contributed by atoms with E-state index in [9.17, 15) is 0 Å². The second kappa shape index (κ2) is 7.81. The first-order chi connectivity index (χ1) is 11.8. The third kappa shape index (κ3) is 4.04. The van der Waals surface area contributed by atoms with Crippen LogP contribution in [-0.2, 0) is 0 Å². The number of ether oxygens (including phenoxy) is 2. The minimum atomic E-state index is 0.419. The van der Waals surface area contributed by atoms with E-state index in [1.54, 1.807) is 20.4 Å². The molecular formula is C17H23N5O2. The van der Waals surface area contributed by atoms with Crippen LogP contribution in [0.25, 0.3) is 0 Å². The SMILES string of the molecule is COc1ccc(OC)c(Nc2nncc(NC3CCCCC3)n2)c1. The molecule has 0 spiro atoms. The van der Waals surface area contributed by atoms with E-state index in [2.05, 4.69) is 25.8 Å². The molecule has 2 N–H and O–H groups in total. The minimum Gasteiger partial charge on any atom is -0.497 e. The predicted octanol–water partition coefficient (Wildman–Crippen LogP) is 3.38. The molecule has 0 bridgehead atoms. The van der Waals surface area contributed by atoms with Crippen LogP contribution < -0.4 is 20.1 Å². The fourth-order valence-electron chi connectivity index (χ4n) is 2.91. The standard InChI is InChI=1S/C17H23N5O2/c1-23-13-8-9-15(24-2)14(10-13)20-17-21-16(11-18-22-17)19-12-6-4-3-5-7-12/h8-12H,3-7H2,1-2H3,(H2,19,20,21,22). The zero-order chi connectivity index (χ0) is 16.8. The Balaban J connectivity index is 1.74. The summed E-state index contributed by atoms with van der Waals surface area (Å²) < 4.78 is 10.6. The van der Waals surface area contributed by atoms with Crippen molar-refractivity contribution in [1.29, 1.82) is 0 Å². The summed E-state index contributed by atoms with van der Waals surface area (Å²) in [5, 5.41) is 14.7. The Morgan fingerprint density at radius 1 is 1.08 bits per heavy atom. The van der Waals surface area contributed by atoms with Gasteiger partial charge in [0.2, 0.25) is 5.95 Å². The van der Waals surface area contributed by atoms with Crippen LogP contribution in [0.3, 0.4) is 0 Å². The largest absolute Gasteiger partial charge is 0.497 e. The van der Waals surface area contributed by atoms with Gasteiger partial charge in [0.15, 0.2) is 5.82 Å². The van der Waals surface area contributed by atoms with Gasteiger partial charge < -0.3 is 20.1 Å². The van der Waals surface area contributed by atoms with Gasteiger partial charge in [0, 0.05) is 12.1 Å². The summed E-state index contributed by atoms with van der Waals surface area (Å²) in [5.41, 5.74) is 0.730. The highest BCUT2D eigenvalue weighted by atomic mass is 16.5. The van der Waals surface area contributed by atoms with E-state index in [4.69, 9.17) is 9.47 Å². The number of nitrogens with zero attached hydrogens (tertiary/aromatic N) is 3. The van der Waals surface area contributed by atoms with Gasteiger partial charge in [0.05, 0.1) is 26.1 Å². The first-order valence-corrected chi connectivity index (χ1v) is 8.24. The van der Waals surface area contributed by atoms with E-state index in [0.717, 1.165) is 17.3 Å². The van der Waals surface area contributed by atoms with Crippen molar-refractivity contribution in [3.8, 4) is 11.5 Å². The summed E-state index contributed by atoms with van der Waals surface area (Å²) in [5.74, 6) is 2.57. The average Bonchev–Trinajstić information content (AvgIpc) is 2.63. The molecular weight excluding hydrogens is 306 g/mol. The van der Waals surface area contributed by atoms with Crippen LogP contribution in [0.1, 0.15) is 32.1 Å². The lowest BCUT2D eigenvalue weighted by molar-refractivity contribution is 0.405. The van der Waals surface area contributed by atoms with Crippen molar-refractivity contribution in [1.82, 2.24) is 15.2 Å². The predicted molar refractivity (Wildman–Crippen MR) is 93.2 cm³/mol. The van der Waals surface area contributed by atoms with Crippen LogP contribution >= 0.6 is 0 Å². The summed E-state index contributed by atoms with van der Waals surface area (Å²) >= 11 is 0. The third-order valence-corrected chi connectivity index (χ3v) is 4.17. The molecule has 0 aliphatic heterocycles. The normalized spacial score (nSPS) is 14.9. The Labute approximate surface area is 141 Å².